The minimum absolute atomic E-state index is 0.0417. The first-order valence-electron chi connectivity index (χ1n) is 9.67. The number of aromatic nitrogens is 1. The smallest absolute Gasteiger partial charge is 0.251 e. The van der Waals surface area contributed by atoms with E-state index in [1.54, 1.807) is 0 Å². The molecule has 6 nitrogen and oxygen atoms in total. The first-order chi connectivity index (χ1) is 13.0. The predicted octanol–water partition coefficient (Wildman–Crippen LogP) is 2.56. The number of aromatic amines is 1. The molecule has 1 aromatic heterocycles. The van der Waals surface area contributed by atoms with E-state index in [4.69, 9.17) is 9.47 Å². The number of rotatable bonds is 3. The number of carbonyl (C=O) groups is 1. The minimum Gasteiger partial charge on any atom is -0.347 e. The number of nitrogens with one attached hydrogen (secondary N) is 1. The number of H-pyrrole nitrogens is 1. The van der Waals surface area contributed by atoms with E-state index in [0.717, 1.165) is 34.9 Å². The summed E-state index contributed by atoms with van der Waals surface area (Å²) >= 11 is 0. The van der Waals surface area contributed by atoms with E-state index in [9.17, 15) is 9.59 Å². The van der Waals surface area contributed by atoms with Crippen LogP contribution < -0.4 is 5.56 Å². The van der Waals surface area contributed by atoms with Crippen LogP contribution in [0.1, 0.15) is 43.7 Å². The van der Waals surface area contributed by atoms with Crippen LogP contribution in [0.4, 0.5) is 0 Å². The van der Waals surface area contributed by atoms with Crippen molar-refractivity contribution in [3.63, 3.8) is 0 Å². The summed E-state index contributed by atoms with van der Waals surface area (Å²) in [5, 5.41) is 0.967. The lowest BCUT2D eigenvalue weighted by Crippen LogP contribution is -2.47. The lowest BCUT2D eigenvalue weighted by atomic mass is 10.0. The Morgan fingerprint density at radius 3 is 2.56 bits per heavy atom. The highest BCUT2D eigenvalue weighted by atomic mass is 16.7. The monoisotopic (exact) mass is 370 g/mol. The Bertz CT molecular complexity index is 902. The van der Waals surface area contributed by atoms with Crippen LogP contribution in [-0.4, -0.2) is 47.9 Å². The van der Waals surface area contributed by atoms with Crippen molar-refractivity contribution in [3.8, 4) is 0 Å². The maximum absolute atomic E-state index is 12.7. The highest BCUT2D eigenvalue weighted by molar-refractivity contribution is 5.83. The van der Waals surface area contributed by atoms with Crippen LogP contribution in [0, 0.1) is 0 Å². The van der Waals surface area contributed by atoms with Crippen molar-refractivity contribution in [1.82, 2.24) is 9.88 Å². The number of amides is 1. The fourth-order valence-electron chi connectivity index (χ4n) is 3.98. The van der Waals surface area contributed by atoms with Crippen molar-refractivity contribution in [3.05, 3.63) is 45.7 Å². The summed E-state index contributed by atoms with van der Waals surface area (Å²) in [5.74, 6) is -0.182. The molecule has 6 heteroatoms. The largest absolute Gasteiger partial charge is 0.347 e. The van der Waals surface area contributed by atoms with Crippen LogP contribution in [0.5, 0.6) is 0 Å². The van der Waals surface area contributed by atoms with Crippen LogP contribution in [0.25, 0.3) is 10.9 Å². The standard InChI is InChI=1S/C21H26N2O4/c1-14(2)17-13-16-11-15(3-4-18(16)22-20(17)25)12-19(24)23-7-5-21(6-8-23)26-9-10-27-21/h3-4,11,13-14H,5-10,12H2,1-2H3,(H,22,25). The molecular weight excluding hydrogens is 344 g/mol. The lowest BCUT2D eigenvalue weighted by Gasteiger charge is -2.37. The number of ether oxygens (including phenoxy) is 2. The molecule has 1 amide bonds. The molecule has 0 unspecified atom stereocenters. The van der Waals surface area contributed by atoms with Gasteiger partial charge in [-0.2, -0.15) is 0 Å². The summed E-state index contributed by atoms with van der Waals surface area (Å²) in [6, 6.07) is 7.74. The zero-order valence-electron chi connectivity index (χ0n) is 15.9. The topological polar surface area (TPSA) is 71.6 Å². The molecule has 1 aromatic carbocycles. The van der Waals surface area contributed by atoms with E-state index in [0.29, 0.717) is 32.7 Å². The van der Waals surface area contributed by atoms with Crippen LogP contribution in [-0.2, 0) is 20.7 Å². The summed E-state index contributed by atoms with van der Waals surface area (Å²) in [6.45, 7) is 6.63. The maximum Gasteiger partial charge on any atom is 0.251 e. The Hall–Kier alpha value is -2.18. The average molecular weight is 370 g/mol. The maximum atomic E-state index is 12.7. The van der Waals surface area contributed by atoms with Crippen molar-refractivity contribution in [2.45, 2.75) is 44.8 Å². The van der Waals surface area contributed by atoms with Crippen LogP contribution in [0.15, 0.2) is 29.1 Å². The number of hydrogen-bond acceptors (Lipinski definition) is 4. The molecule has 27 heavy (non-hydrogen) atoms. The molecule has 2 aromatic rings. The Morgan fingerprint density at radius 2 is 1.89 bits per heavy atom. The van der Waals surface area contributed by atoms with Crippen molar-refractivity contribution < 1.29 is 14.3 Å². The third-order valence-corrected chi connectivity index (χ3v) is 5.61. The number of fused-ring (bicyclic) bond motifs is 1. The van der Waals surface area contributed by atoms with Crippen LogP contribution in [0.3, 0.4) is 0 Å². The van der Waals surface area contributed by atoms with Gasteiger partial charge in [0.25, 0.3) is 5.56 Å². The van der Waals surface area contributed by atoms with E-state index in [1.165, 1.54) is 0 Å². The molecule has 0 atom stereocenters. The second-order valence-corrected chi connectivity index (χ2v) is 7.80. The van der Waals surface area contributed by atoms with Gasteiger partial charge >= 0.3 is 0 Å². The normalized spacial score (nSPS) is 19.3. The molecule has 0 bridgehead atoms. The van der Waals surface area contributed by atoms with Crippen LogP contribution in [0.2, 0.25) is 0 Å². The summed E-state index contributed by atoms with van der Waals surface area (Å²) in [4.78, 5) is 29.7. The molecule has 2 aliphatic heterocycles. The molecule has 2 fully saturated rings. The van der Waals surface area contributed by atoms with Gasteiger partial charge in [-0.1, -0.05) is 19.9 Å². The molecule has 1 N–H and O–H groups in total. The van der Waals surface area contributed by atoms with Crippen molar-refractivity contribution in [2.24, 2.45) is 0 Å². The van der Waals surface area contributed by atoms with Crippen LogP contribution >= 0.6 is 0 Å². The molecule has 0 aliphatic carbocycles. The summed E-state index contributed by atoms with van der Waals surface area (Å²) in [6.07, 6.45) is 1.83. The quantitative estimate of drug-likeness (QED) is 0.901. The van der Waals surface area contributed by atoms with Gasteiger partial charge in [0.2, 0.25) is 5.91 Å². The third-order valence-electron chi connectivity index (χ3n) is 5.61. The fourth-order valence-corrected chi connectivity index (χ4v) is 3.98. The van der Waals surface area contributed by atoms with Gasteiger partial charge in [0.15, 0.2) is 5.79 Å². The predicted molar refractivity (Wildman–Crippen MR) is 103 cm³/mol. The van der Waals surface area contributed by atoms with E-state index in [2.05, 4.69) is 4.98 Å². The van der Waals surface area contributed by atoms with E-state index < -0.39 is 5.79 Å². The minimum atomic E-state index is -0.459. The van der Waals surface area contributed by atoms with Crippen molar-refractivity contribution >= 4 is 16.8 Å². The number of carbonyl (C=O) groups excluding carboxylic acids is 1. The number of nitrogens with zero attached hydrogens (tertiary/aromatic N) is 1. The highest BCUT2D eigenvalue weighted by Crippen LogP contribution is 2.31. The molecule has 144 valence electrons. The Labute approximate surface area is 158 Å². The summed E-state index contributed by atoms with van der Waals surface area (Å²) in [7, 11) is 0. The average Bonchev–Trinajstić information content (AvgIpc) is 3.09. The van der Waals surface area contributed by atoms with E-state index in [-0.39, 0.29) is 17.4 Å². The number of likely N-dealkylation sites (tertiary alicyclic amines) is 1. The van der Waals surface area contributed by atoms with Gasteiger partial charge in [0.05, 0.1) is 19.6 Å². The first kappa shape index (κ1) is 18.2. The zero-order valence-corrected chi connectivity index (χ0v) is 15.9. The molecular formula is C21H26N2O4. The van der Waals surface area contributed by atoms with Gasteiger partial charge in [-0.15, -0.1) is 0 Å². The van der Waals surface area contributed by atoms with Gasteiger partial charge < -0.3 is 19.4 Å². The molecule has 0 saturated carbocycles. The van der Waals surface area contributed by atoms with Crippen molar-refractivity contribution in [1.29, 1.82) is 0 Å². The van der Waals surface area contributed by atoms with E-state index >= 15 is 0 Å². The Morgan fingerprint density at radius 1 is 1.19 bits per heavy atom. The lowest BCUT2D eigenvalue weighted by molar-refractivity contribution is -0.187. The molecule has 2 aliphatic rings. The molecule has 4 rings (SSSR count). The second kappa shape index (κ2) is 7.09. The number of benzene rings is 1. The summed E-state index contributed by atoms with van der Waals surface area (Å²) in [5.41, 5.74) is 2.49. The SMILES string of the molecule is CC(C)c1cc2cc(CC(=O)N3CCC4(CC3)OCCO4)ccc2[nH]c1=O. The Balaban J connectivity index is 1.47. The number of pyridine rings is 1. The second-order valence-electron chi connectivity index (χ2n) is 7.80. The molecule has 1 spiro atoms. The van der Waals surface area contributed by atoms with Crippen molar-refractivity contribution in [2.75, 3.05) is 26.3 Å². The molecule has 2 saturated heterocycles. The fraction of sp³-hybridized carbons (Fsp3) is 0.524. The Kier molecular flexibility index (Phi) is 4.78. The number of piperidine rings is 1. The summed E-state index contributed by atoms with van der Waals surface area (Å²) < 4.78 is 11.5. The van der Waals surface area contributed by atoms with Gasteiger partial charge in [-0.25, -0.2) is 0 Å². The number of hydrogen-bond donors (Lipinski definition) is 1. The molecule has 0 radical (unpaired) electrons. The highest BCUT2D eigenvalue weighted by Gasteiger charge is 2.40. The zero-order chi connectivity index (χ0) is 19.0. The van der Waals surface area contributed by atoms with Gasteiger partial charge in [-0.3, -0.25) is 9.59 Å². The van der Waals surface area contributed by atoms with Gasteiger partial charge in [0.1, 0.15) is 0 Å². The first-order valence-corrected chi connectivity index (χ1v) is 9.67. The molecule has 3 heterocycles. The third kappa shape index (κ3) is 3.64. The van der Waals surface area contributed by atoms with E-state index in [1.807, 2.05) is 43.0 Å². The van der Waals surface area contributed by atoms with Gasteiger partial charge in [-0.05, 0) is 35.1 Å². The van der Waals surface area contributed by atoms with Gasteiger partial charge in [0, 0.05) is 37.0 Å².